The maximum atomic E-state index is 11.0. The summed E-state index contributed by atoms with van der Waals surface area (Å²) in [6, 6.07) is 8.20. The van der Waals surface area contributed by atoms with Gasteiger partial charge < -0.3 is 0 Å². The van der Waals surface area contributed by atoms with Crippen molar-refractivity contribution in [2.75, 3.05) is 0 Å². The second kappa shape index (κ2) is 3.30. The highest BCUT2D eigenvalue weighted by atomic mass is 32.1. The molecule has 0 saturated heterocycles. The summed E-state index contributed by atoms with van der Waals surface area (Å²) >= 11 is 1.70. The standard InChI is InChI=1S/C11H10OS/c1-8(12)7-10-4-2-3-9-5-6-13-11(9)10/h2-6H,7H2,1H3. The van der Waals surface area contributed by atoms with Crippen molar-refractivity contribution in [2.24, 2.45) is 0 Å². The van der Waals surface area contributed by atoms with Gasteiger partial charge in [0.1, 0.15) is 5.78 Å². The van der Waals surface area contributed by atoms with E-state index < -0.39 is 0 Å². The first-order chi connectivity index (χ1) is 6.27. The first-order valence-electron chi connectivity index (χ1n) is 4.22. The second-order valence-corrected chi connectivity index (χ2v) is 4.05. The first kappa shape index (κ1) is 8.45. The number of thiophene rings is 1. The van der Waals surface area contributed by atoms with Gasteiger partial charge in [0.2, 0.25) is 0 Å². The van der Waals surface area contributed by atoms with Crippen LogP contribution in [0.1, 0.15) is 12.5 Å². The molecule has 0 fully saturated rings. The molecule has 0 N–H and O–H groups in total. The highest BCUT2D eigenvalue weighted by Crippen LogP contribution is 2.24. The highest BCUT2D eigenvalue weighted by Gasteiger charge is 2.03. The number of hydrogen-bond donors (Lipinski definition) is 0. The van der Waals surface area contributed by atoms with Gasteiger partial charge in [0.05, 0.1) is 0 Å². The SMILES string of the molecule is CC(=O)Cc1cccc2ccsc12. The molecule has 0 atom stereocenters. The molecule has 0 radical (unpaired) electrons. The number of fused-ring (bicyclic) bond motifs is 1. The Morgan fingerprint density at radius 1 is 1.38 bits per heavy atom. The van der Waals surface area contributed by atoms with Crippen molar-refractivity contribution in [1.29, 1.82) is 0 Å². The average Bonchev–Trinajstić information content (AvgIpc) is 2.51. The molecule has 1 nitrogen and oxygen atoms in total. The lowest BCUT2D eigenvalue weighted by atomic mass is 10.1. The predicted octanol–water partition coefficient (Wildman–Crippen LogP) is 3.03. The summed E-state index contributed by atoms with van der Waals surface area (Å²) in [6.45, 7) is 1.63. The van der Waals surface area contributed by atoms with Crippen LogP contribution in [0.25, 0.3) is 10.1 Å². The van der Waals surface area contributed by atoms with Crippen LogP contribution < -0.4 is 0 Å². The van der Waals surface area contributed by atoms with Crippen molar-refractivity contribution < 1.29 is 4.79 Å². The lowest BCUT2D eigenvalue weighted by molar-refractivity contribution is -0.116. The fraction of sp³-hybridized carbons (Fsp3) is 0.182. The molecule has 0 aliphatic rings. The Morgan fingerprint density at radius 3 is 3.00 bits per heavy atom. The monoisotopic (exact) mass is 190 g/mol. The number of carbonyl (C=O) groups excluding carboxylic acids is 1. The van der Waals surface area contributed by atoms with Crippen LogP contribution in [-0.4, -0.2) is 5.78 Å². The number of rotatable bonds is 2. The molecule has 1 aromatic heterocycles. The van der Waals surface area contributed by atoms with Crippen molar-refractivity contribution in [2.45, 2.75) is 13.3 Å². The summed E-state index contributed by atoms with van der Waals surface area (Å²) in [5.41, 5.74) is 1.15. The third-order valence-corrected chi connectivity index (χ3v) is 3.01. The third-order valence-electron chi connectivity index (χ3n) is 2.00. The quantitative estimate of drug-likeness (QED) is 0.711. The van der Waals surface area contributed by atoms with Crippen LogP contribution in [0.2, 0.25) is 0 Å². The zero-order valence-corrected chi connectivity index (χ0v) is 8.23. The van der Waals surface area contributed by atoms with Crippen LogP contribution >= 0.6 is 11.3 Å². The molecular weight excluding hydrogens is 180 g/mol. The van der Waals surface area contributed by atoms with E-state index >= 15 is 0 Å². The van der Waals surface area contributed by atoms with E-state index in [4.69, 9.17) is 0 Å². The van der Waals surface area contributed by atoms with E-state index in [9.17, 15) is 4.79 Å². The normalized spacial score (nSPS) is 10.5. The molecule has 0 unspecified atom stereocenters. The zero-order valence-electron chi connectivity index (χ0n) is 7.41. The molecule has 2 heteroatoms. The zero-order chi connectivity index (χ0) is 9.26. The maximum absolute atomic E-state index is 11.0. The molecule has 0 bridgehead atoms. The van der Waals surface area contributed by atoms with E-state index in [1.165, 1.54) is 10.1 Å². The smallest absolute Gasteiger partial charge is 0.134 e. The number of benzene rings is 1. The van der Waals surface area contributed by atoms with E-state index in [2.05, 4.69) is 17.5 Å². The van der Waals surface area contributed by atoms with Gasteiger partial charge in [-0.05, 0) is 29.3 Å². The fourth-order valence-corrected chi connectivity index (χ4v) is 2.38. The highest BCUT2D eigenvalue weighted by molar-refractivity contribution is 7.17. The van der Waals surface area contributed by atoms with Crippen molar-refractivity contribution in [3.05, 3.63) is 35.2 Å². The molecule has 0 aliphatic carbocycles. The largest absolute Gasteiger partial charge is 0.300 e. The van der Waals surface area contributed by atoms with Crippen LogP contribution in [0.15, 0.2) is 29.6 Å². The van der Waals surface area contributed by atoms with Gasteiger partial charge in [-0.3, -0.25) is 4.79 Å². The fourth-order valence-electron chi connectivity index (χ4n) is 1.46. The van der Waals surface area contributed by atoms with Crippen LogP contribution in [0.4, 0.5) is 0 Å². The van der Waals surface area contributed by atoms with Crippen molar-refractivity contribution in [1.82, 2.24) is 0 Å². The molecule has 66 valence electrons. The molecule has 1 heterocycles. The Bertz CT molecular complexity index is 442. The first-order valence-corrected chi connectivity index (χ1v) is 5.10. The van der Waals surface area contributed by atoms with Crippen LogP contribution in [0, 0.1) is 0 Å². The molecule has 0 amide bonds. The van der Waals surface area contributed by atoms with Gasteiger partial charge in [-0.25, -0.2) is 0 Å². The van der Waals surface area contributed by atoms with Crippen LogP contribution in [0.3, 0.4) is 0 Å². The predicted molar refractivity (Wildman–Crippen MR) is 56.2 cm³/mol. The summed E-state index contributed by atoms with van der Waals surface area (Å²) in [6.07, 6.45) is 0.553. The molecule has 1 aromatic carbocycles. The van der Waals surface area contributed by atoms with Gasteiger partial charge in [0.25, 0.3) is 0 Å². The van der Waals surface area contributed by atoms with Crippen molar-refractivity contribution in [3.63, 3.8) is 0 Å². The summed E-state index contributed by atoms with van der Waals surface area (Å²) in [5, 5.41) is 3.30. The summed E-state index contributed by atoms with van der Waals surface area (Å²) in [4.78, 5) is 11.0. The van der Waals surface area contributed by atoms with E-state index in [0.717, 1.165) is 5.56 Å². The van der Waals surface area contributed by atoms with Crippen molar-refractivity contribution in [3.8, 4) is 0 Å². The lowest BCUT2D eigenvalue weighted by Crippen LogP contribution is -1.95. The van der Waals surface area contributed by atoms with Gasteiger partial charge in [0.15, 0.2) is 0 Å². The minimum absolute atomic E-state index is 0.223. The molecule has 2 aromatic rings. The molecule has 0 aliphatic heterocycles. The third kappa shape index (κ3) is 1.63. The van der Waals surface area contributed by atoms with Crippen LogP contribution in [0.5, 0.6) is 0 Å². The van der Waals surface area contributed by atoms with Gasteiger partial charge >= 0.3 is 0 Å². The Kier molecular flexibility index (Phi) is 2.15. The van der Waals surface area contributed by atoms with E-state index in [1.807, 2.05) is 12.1 Å². The number of Topliss-reactive ketones (excluding diaryl/α,β-unsaturated/α-hetero) is 1. The average molecular weight is 190 g/mol. The summed E-state index contributed by atoms with van der Waals surface area (Å²) in [5.74, 6) is 0.223. The lowest BCUT2D eigenvalue weighted by Gasteiger charge is -1.98. The Balaban J connectivity index is 2.54. The van der Waals surface area contributed by atoms with Gasteiger partial charge in [0, 0.05) is 11.1 Å². The molecular formula is C11H10OS. The number of carbonyl (C=O) groups is 1. The summed E-state index contributed by atoms with van der Waals surface area (Å²) in [7, 11) is 0. The van der Waals surface area contributed by atoms with Gasteiger partial charge in [-0.1, -0.05) is 18.2 Å². The van der Waals surface area contributed by atoms with Gasteiger partial charge in [-0.15, -0.1) is 11.3 Å². The molecule has 2 rings (SSSR count). The van der Waals surface area contributed by atoms with Gasteiger partial charge in [-0.2, -0.15) is 0 Å². The minimum Gasteiger partial charge on any atom is -0.300 e. The maximum Gasteiger partial charge on any atom is 0.134 e. The Labute approximate surface area is 81.0 Å². The molecule has 0 spiro atoms. The number of hydrogen-bond acceptors (Lipinski definition) is 2. The minimum atomic E-state index is 0.223. The number of ketones is 1. The molecule has 0 saturated carbocycles. The second-order valence-electron chi connectivity index (χ2n) is 3.13. The van der Waals surface area contributed by atoms with E-state index in [1.54, 1.807) is 18.3 Å². The van der Waals surface area contributed by atoms with E-state index in [0.29, 0.717) is 6.42 Å². The van der Waals surface area contributed by atoms with E-state index in [-0.39, 0.29) is 5.78 Å². The topological polar surface area (TPSA) is 17.1 Å². The Morgan fingerprint density at radius 2 is 2.23 bits per heavy atom. The summed E-state index contributed by atoms with van der Waals surface area (Å²) < 4.78 is 1.25. The van der Waals surface area contributed by atoms with Crippen LogP contribution in [-0.2, 0) is 11.2 Å². The van der Waals surface area contributed by atoms with Crippen molar-refractivity contribution >= 4 is 27.2 Å². The molecule has 13 heavy (non-hydrogen) atoms. The Hall–Kier alpha value is -1.15.